The molecule has 0 unspecified atom stereocenters. The normalized spacial score (nSPS) is 10.2. The Labute approximate surface area is 151 Å². The van der Waals surface area contributed by atoms with E-state index in [1.54, 1.807) is 56.7 Å². The lowest BCUT2D eigenvalue weighted by atomic mass is 10.3. The summed E-state index contributed by atoms with van der Waals surface area (Å²) in [5.41, 5.74) is 0.652. The van der Waals surface area contributed by atoms with Crippen molar-refractivity contribution in [3.05, 3.63) is 72.2 Å². The molecule has 0 saturated heterocycles. The van der Waals surface area contributed by atoms with E-state index in [1.807, 2.05) is 18.2 Å². The zero-order valence-corrected chi connectivity index (χ0v) is 14.5. The zero-order chi connectivity index (χ0) is 18.4. The van der Waals surface area contributed by atoms with Gasteiger partial charge in [-0.05, 0) is 48.5 Å². The molecule has 0 aliphatic carbocycles. The summed E-state index contributed by atoms with van der Waals surface area (Å²) in [4.78, 5) is 12.3. The number of anilines is 1. The third-order valence-electron chi connectivity index (χ3n) is 3.67. The minimum absolute atomic E-state index is 0.191. The van der Waals surface area contributed by atoms with Gasteiger partial charge in [0, 0.05) is 5.69 Å². The molecule has 1 aromatic heterocycles. The standard InChI is InChI=1S/C20H19NO5/c1-23-15-9-7-14(8-10-15)21-20(22)19-12-11-16(26-19)13-25-18-6-4-3-5-17(18)24-2/h3-12H,13H2,1-2H3,(H,21,22). The smallest absolute Gasteiger partial charge is 0.291 e. The molecule has 1 amide bonds. The number of ether oxygens (including phenoxy) is 3. The fraction of sp³-hybridized carbons (Fsp3) is 0.150. The summed E-state index contributed by atoms with van der Waals surface area (Å²) in [7, 11) is 3.17. The number of rotatable bonds is 7. The summed E-state index contributed by atoms with van der Waals surface area (Å²) >= 11 is 0. The predicted octanol–water partition coefficient (Wildman–Crippen LogP) is 4.13. The molecule has 2 aromatic carbocycles. The van der Waals surface area contributed by atoms with Crippen LogP contribution in [0, 0.1) is 0 Å². The van der Waals surface area contributed by atoms with Gasteiger partial charge in [0.25, 0.3) is 5.91 Å². The van der Waals surface area contributed by atoms with E-state index in [2.05, 4.69) is 5.32 Å². The van der Waals surface area contributed by atoms with Crippen molar-refractivity contribution in [2.45, 2.75) is 6.61 Å². The van der Waals surface area contributed by atoms with Crippen molar-refractivity contribution in [3.8, 4) is 17.2 Å². The molecule has 3 rings (SSSR count). The number of nitrogens with one attached hydrogen (secondary N) is 1. The lowest BCUT2D eigenvalue weighted by molar-refractivity contribution is 0.0992. The predicted molar refractivity (Wildman–Crippen MR) is 97.0 cm³/mol. The van der Waals surface area contributed by atoms with Crippen molar-refractivity contribution in [2.75, 3.05) is 19.5 Å². The molecule has 0 radical (unpaired) electrons. The van der Waals surface area contributed by atoms with Gasteiger partial charge in [0.2, 0.25) is 0 Å². The van der Waals surface area contributed by atoms with Crippen LogP contribution in [-0.2, 0) is 6.61 Å². The Bertz CT molecular complexity index is 870. The monoisotopic (exact) mass is 353 g/mol. The number of carbonyl (C=O) groups is 1. The number of hydrogen-bond donors (Lipinski definition) is 1. The Balaban J connectivity index is 1.60. The van der Waals surface area contributed by atoms with Gasteiger partial charge in [-0.2, -0.15) is 0 Å². The van der Waals surface area contributed by atoms with E-state index in [9.17, 15) is 4.79 Å². The van der Waals surface area contributed by atoms with Crippen LogP contribution in [0.25, 0.3) is 0 Å². The molecule has 1 N–H and O–H groups in total. The lowest BCUT2D eigenvalue weighted by Crippen LogP contribution is -2.10. The first-order valence-corrected chi connectivity index (χ1v) is 7.99. The number of carbonyl (C=O) groups excluding carboxylic acids is 1. The number of hydrogen-bond acceptors (Lipinski definition) is 5. The second kappa shape index (κ2) is 8.11. The van der Waals surface area contributed by atoms with Crippen LogP contribution < -0.4 is 19.5 Å². The van der Waals surface area contributed by atoms with Crippen molar-refractivity contribution in [1.29, 1.82) is 0 Å². The first-order valence-electron chi connectivity index (χ1n) is 7.99. The average molecular weight is 353 g/mol. The van der Waals surface area contributed by atoms with Crippen molar-refractivity contribution >= 4 is 11.6 Å². The highest BCUT2D eigenvalue weighted by atomic mass is 16.5. The van der Waals surface area contributed by atoms with E-state index in [4.69, 9.17) is 18.6 Å². The SMILES string of the molecule is COc1ccc(NC(=O)c2ccc(COc3ccccc3OC)o2)cc1. The van der Waals surface area contributed by atoms with Gasteiger partial charge < -0.3 is 23.9 Å². The molecule has 0 spiro atoms. The van der Waals surface area contributed by atoms with Crippen LogP contribution in [0.4, 0.5) is 5.69 Å². The number of benzene rings is 2. The molecular weight excluding hydrogens is 334 g/mol. The van der Waals surface area contributed by atoms with Gasteiger partial charge in [0.15, 0.2) is 17.3 Å². The van der Waals surface area contributed by atoms with Gasteiger partial charge in [-0.1, -0.05) is 12.1 Å². The first kappa shape index (κ1) is 17.4. The highest BCUT2D eigenvalue weighted by Crippen LogP contribution is 2.27. The molecule has 6 heteroatoms. The second-order valence-electron chi connectivity index (χ2n) is 5.39. The molecule has 0 fully saturated rings. The maximum atomic E-state index is 12.3. The minimum atomic E-state index is -0.335. The van der Waals surface area contributed by atoms with Gasteiger partial charge >= 0.3 is 0 Å². The Morgan fingerprint density at radius 1 is 0.923 bits per heavy atom. The molecule has 134 valence electrons. The molecule has 0 aliphatic rings. The summed E-state index contributed by atoms with van der Waals surface area (Å²) in [6.45, 7) is 0.191. The van der Waals surface area contributed by atoms with E-state index >= 15 is 0 Å². The minimum Gasteiger partial charge on any atom is -0.497 e. The molecule has 0 saturated carbocycles. The molecule has 0 atom stereocenters. The highest BCUT2D eigenvalue weighted by Gasteiger charge is 2.12. The Hall–Kier alpha value is -3.41. The fourth-order valence-electron chi connectivity index (χ4n) is 2.33. The number of methoxy groups -OCH3 is 2. The third-order valence-corrected chi connectivity index (χ3v) is 3.67. The lowest BCUT2D eigenvalue weighted by Gasteiger charge is -2.08. The summed E-state index contributed by atoms with van der Waals surface area (Å²) in [6.07, 6.45) is 0. The van der Waals surface area contributed by atoms with E-state index in [-0.39, 0.29) is 18.3 Å². The number of amides is 1. The van der Waals surface area contributed by atoms with Crippen LogP contribution in [-0.4, -0.2) is 20.1 Å². The van der Waals surface area contributed by atoms with Crippen molar-refractivity contribution in [3.63, 3.8) is 0 Å². The largest absolute Gasteiger partial charge is 0.497 e. The van der Waals surface area contributed by atoms with Gasteiger partial charge in [-0.15, -0.1) is 0 Å². The molecule has 0 bridgehead atoms. The molecule has 1 heterocycles. The summed E-state index contributed by atoms with van der Waals surface area (Å²) in [6, 6.07) is 17.7. The van der Waals surface area contributed by atoms with Crippen molar-refractivity contribution in [2.24, 2.45) is 0 Å². The second-order valence-corrected chi connectivity index (χ2v) is 5.39. The van der Waals surface area contributed by atoms with Gasteiger partial charge in [-0.3, -0.25) is 4.79 Å². The topological polar surface area (TPSA) is 69.9 Å². The van der Waals surface area contributed by atoms with E-state index in [0.29, 0.717) is 22.9 Å². The van der Waals surface area contributed by atoms with E-state index in [0.717, 1.165) is 5.75 Å². The Kier molecular flexibility index (Phi) is 5.43. The summed E-state index contributed by atoms with van der Waals surface area (Å²) < 4.78 is 21.6. The van der Waals surface area contributed by atoms with Gasteiger partial charge in [0.05, 0.1) is 14.2 Å². The molecule has 0 aliphatic heterocycles. The fourth-order valence-corrected chi connectivity index (χ4v) is 2.33. The van der Waals surface area contributed by atoms with Crippen LogP contribution in [0.5, 0.6) is 17.2 Å². The van der Waals surface area contributed by atoms with Crippen LogP contribution in [0.15, 0.2) is 65.1 Å². The first-order chi connectivity index (χ1) is 12.7. The quantitative estimate of drug-likeness (QED) is 0.692. The summed E-state index contributed by atoms with van der Waals surface area (Å²) in [5, 5.41) is 2.77. The highest BCUT2D eigenvalue weighted by molar-refractivity contribution is 6.02. The van der Waals surface area contributed by atoms with Crippen LogP contribution in [0.3, 0.4) is 0 Å². The Morgan fingerprint density at radius 2 is 1.65 bits per heavy atom. The molecule has 3 aromatic rings. The average Bonchev–Trinajstić information content (AvgIpc) is 3.16. The molecule has 26 heavy (non-hydrogen) atoms. The van der Waals surface area contributed by atoms with Crippen LogP contribution in [0.1, 0.15) is 16.3 Å². The maximum absolute atomic E-state index is 12.3. The summed E-state index contributed by atoms with van der Waals surface area (Å²) in [5.74, 6) is 2.37. The Morgan fingerprint density at radius 3 is 2.35 bits per heavy atom. The third kappa shape index (κ3) is 4.16. The van der Waals surface area contributed by atoms with Gasteiger partial charge in [0.1, 0.15) is 18.1 Å². The van der Waals surface area contributed by atoms with Crippen LogP contribution in [0.2, 0.25) is 0 Å². The molecular formula is C20H19NO5. The number of furan rings is 1. The molecule has 6 nitrogen and oxygen atoms in total. The maximum Gasteiger partial charge on any atom is 0.291 e. The zero-order valence-electron chi connectivity index (χ0n) is 14.5. The van der Waals surface area contributed by atoms with E-state index < -0.39 is 0 Å². The van der Waals surface area contributed by atoms with Crippen LogP contribution >= 0.6 is 0 Å². The van der Waals surface area contributed by atoms with Crippen molar-refractivity contribution < 1.29 is 23.4 Å². The van der Waals surface area contributed by atoms with E-state index in [1.165, 1.54) is 0 Å². The number of para-hydroxylation sites is 2. The van der Waals surface area contributed by atoms with Gasteiger partial charge in [-0.25, -0.2) is 0 Å². The van der Waals surface area contributed by atoms with Crippen molar-refractivity contribution in [1.82, 2.24) is 0 Å².